The van der Waals surface area contributed by atoms with Gasteiger partial charge in [-0.05, 0) is 60.6 Å². The molecule has 0 saturated carbocycles. The maximum Gasteiger partial charge on any atom is 0.252 e. The van der Waals surface area contributed by atoms with E-state index >= 15 is 0 Å². The molecule has 0 unspecified atom stereocenters. The third-order valence-electron chi connectivity index (χ3n) is 5.52. The number of nitrogens with two attached hydrogens (primary N) is 1. The summed E-state index contributed by atoms with van der Waals surface area (Å²) >= 11 is 5.98. The zero-order valence-corrected chi connectivity index (χ0v) is 17.7. The lowest BCUT2D eigenvalue weighted by atomic mass is 9.89. The van der Waals surface area contributed by atoms with Crippen molar-refractivity contribution in [3.8, 4) is 0 Å². The van der Waals surface area contributed by atoms with Gasteiger partial charge < -0.3 is 16.0 Å². The van der Waals surface area contributed by atoms with E-state index in [2.05, 4.69) is 17.4 Å². The quantitative estimate of drug-likeness (QED) is 0.725. The maximum atomic E-state index is 13.1. The number of nitrogens with one attached hydrogen (secondary N) is 1. The molecule has 5 nitrogen and oxygen atoms in total. The first-order chi connectivity index (χ1) is 13.8. The van der Waals surface area contributed by atoms with Gasteiger partial charge in [0.15, 0.2) is 0 Å². The average Bonchev–Trinajstić information content (AvgIpc) is 2.72. The number of rotatable bonds is 5. The highest BCUT2D eigenvalue weighted by Crippen LogP contribution is 2.29. The smallest absolute Gasteiger partial charge is 0.252 e. The molecule has 1 heterocycles. The highest BCUT2D eigenvalue weighted by Gasteiger charge is 2.31. The summed E-state index contributed by atoms with van der Waals surface area (Å²) in [5.74, 6) is 0.115. The van der Waals surface area contributed by atoms with Gasteiger partial charge in [0.2, 0.25) is 5.91 Å². The molecule has 29 heavy (non-hydrogen) atoms. The second kappa shape index (κ2) is 9.31. The normalized spacial score (nSPS) is 15.9. The van der Waals surface area contributed by atoms with Gasteiger partial charge in [0.05, 0.1) is 0 Å². The van der Waals surface area contributed by atoms with Crippen LogP contribution in [0.2, 0.25) is 5.02 Å². The van der Waals surface area contributed by atoms with E-state index in [0.717, 1.165) is 17.9 Å². The number of amides is 2. The van der Waals surface area contributed by atoms with Crippen molar-refractivity contribution >= 4 is 29.1 Å². The van der Waals surface area contributed by atoms with Crippen LogP contribution in [0, 0.1) is 5.92 Å². The van der Waals surface area contributed by atoms with Crippen molar-refractivity contribution in [1.82, 2.24) is 10.2 Å². The molecule has 1 aliphatic heterocycles. The first kappa shape index (κ1) is 21.2. The predicted molar refractivity (Wildman–Crippen MR) is 117 cm³/mol. The number of nitrogen functional groups attached to an aromatic ring is 1. The van der Waals surface area contributed by atoms with Crippen molar-refractivity contribution in [2.24, 2.45) is 5.92 Å². The number of carbonyl (C=O) groups excluding carboxylic acids is 2. The lowest BCUT2D eigenvalue weighted by Gasteiger charge is -2.35. The Bertz CT molecular complexity index is 859. The Kier molecular flexibility index (Phi) is 6.80. The fourth-order valence-electron chi connectivity index (χ4n) is 3.78. The molecule has 1 atom stereocenters. The van der Waals surface area contributed by atoms with Crippen LogP contribution in [0.5, 0.6) is 0 Å². The summed E-state index contributed by atoms with van der Waals surface area (Å²) < 4.78 is 0. The number of hydrogen-bond acceptors (Lipinski definition) is 3. The van der Waals surface area contributed by atoms with Crippen molar-refractivity contribution in [1.29, 1.82) is 0 Å². The molecule has 0 aromatic heterocycles. The lowest BCUT2D eigenvalue weighted by Crippen LogP contribution is -2.52. The predicted octanol–water partition coefficient (Wildman–Crippen LogP) is 4.08. The zero-order chi connectivity index (χ0) is 21.0. The SMILES string of the molecule is CC(C)[C@@H](NC(=O)c1cccc(N)c1)C(=O)N1CCC(c2ccc(Cl)cc2)CC1. The van der Waals surface area contributed by atoms with E-state index in [9.17, 15) is 9.59 Å². The Morgan fingerprint density at radius 3 is 2.34 bits per heavy atom. The minimum absolute atomic E-state index is 0.0125. The number of anilines is 1. The number of benzene rings is 2. The maximum absolute atomic E-state index is 13.1. The fraction of sp³-hybridized carbons (Fsp3) is 0.391. The van der Waals surface area contributed by atoms with E-state index in [0.29, 0.717) is 30.3 Å². The molecule has 0 spiro atoms. The molecule has 1 fully saturated rings. The largest absolute Gasteiger partial charge is 0.399 e. The lowest BCUT2D eigenvalue weighted by molar-refractivity contribution is -0.135. The van der Waals surface area contributed by atoms with Crippen LogP contribution in [-0.4, -0.2) is 35.8 Å². The first-order valence-electron chi connectivity index (χ1n) is 10.1. The highest BCUT2D eigenvalue weighted by molar-refractivity contribution is 6.30. The monoisotopic (exact) mass is 413 g/mol. The van der Waals surface area contributed by atoms with Gasteiger partial charge in [-0.25, -0.2) is 0 Å². The van der Waals surface area contributed by atoms with Crippen LogP contribution < -0.4 is 11.1 Å². The second-order valence-electron chi connectivity index (χ2n) is 7.97. The topological polar surface area (TPSA) is 75.4 Å². The summed E-state index contributed by atoms with van der Waals surface area (Å²) in [6.07, 6.45) is 1.81. The Hall–Kier alpha value is -2.53. The third-order valence-corrected chi connectivity index (χ3v) is 5.77. The van der Waals surface area contributed by atoms with Gasteiger partial charge in [-0.1, -0.05) is 43.6 Å². The standard InChI is InChI=1S/C23H28ClN3O2/c1-15(2)21(26-22(28)18-4-3-5-20(25)14-18)23(29)27-12-10-17(11-13-27)16-6-8-19(24)9-7-16/h3-9,14-15,17,21H,10-13,25H2,1-2H3,(H,26,28)/t21-/m1/s1. The van der Waals surface area contributed by atoms with E-state index in [-0.39, 0.29) is 17.7 Å². The molecule has 1 aliphatic rings. The van der Waals surface area contributed by atoms with Crippen LogP contribution in [0.3, 0.4) is 0 Å². The van der Waals surface area contributed by atoms with Gasteiger partial charge in [-0.3, -0.25) is 9.59 Å². The highest BCUT2D eigenvalue weighted by atomic mass is 35.5. The van der Waals surface area contributed by atoms with Gasteiger partial charge in [0, 0.05) is 29.4 Å². The Labute approximate surface area is 177 Å². The summed E-state index contributed by atoms with van der Waals surface area (Å²) in [6, 6.07) is 14.2. The summed E-state index contributed by atoms with van der Waals surface area (Å²) in [6.45, 7) is 5.26. The number of nitrogens with zero attached hydrogens (tertiary/aromatic N) is 1. The summed E-state index contributed by atoms with van der Waals surface area (Å²) in [4.78, 5) is 27.6. The molecule has 0 radical (unpaired) electrons. The van der Waals surface area contributed by atoms with Gasteiger partial charge >= 0.3 is 0 Å². The Morgan fingerprint density at radius 1 is 1.10 bits per heavy atom. The van der Waals surface area contributed by atoms with E-state index in [1.54, 1.807) is 24.3 Å². The van der Waals surface area contributed by atoms with Crippen molar-refractivity contribution in [3.05, 3.63) is 64.7 Å². The van der Waals surface area contributed by atoms with E-state index < -0.39 is 6.04 Å². The van der Waals surface area contributed by atoms with Gasteiger partial charge in [-0.2, -0.15) is 0 Å². The van der Waals surface area contributed by atoms with Crippen LogP contribution in [0.1, 0.15) is 48.5 Å². The number of hydrogen-bond donors (Lipinski definition) is 2. The van der Waals surface area contributed by atoms with E-state index in [1.165, 1.54) is 5.56 Å². The fourth-order valence-corrected chi connectivity index (χ4v) is 3.91. The third kappa shape index (κ3) is 5.30. The molecule has 0 bridgehead atoms. The average molecular weight is 414 g/mol. The molecular formula is C23H28ClN3O2. The minimum atomic E-state index is -0.559. The molecule has 2 amide bonds. The second-order valence-corrected chi connectivity index (χ2v) is 8.41. The van der Waals surface area contributed by atoms with Gasteiger partial charge in [-0.15, -0.1) is 0 Å². The van der Waals surface area contributed by atoms with Crippen LogP contribution in [0.15, 0.2) is 48.5 Å². The molecular weight excluding hydrogens is 386 g/mol. The van der Waals surface area contributed by atoms with Crippen molar-refractivity contribution in [2.45, 2.75) is 38.6 Å². The number of halogens is 1. The van der Waals surface area contributed by atoms with E-state index in [1.807, 2.05) is 30.9 Å². The van der Waals surface area contributed by atoms with Crippen molar-refractivity contribution in [3.63, 3.8) is 0 Å². The molecule has 2 aromatic rings. The van der Waals surface area contributed by atoms with Crippen LogP contribution in [0.25, 0.3) is 0 Å². The van der Waals surface area contributed by atoms with Crippen LogP contribution in [0.4, 0.5) is 5.69 Å². The van der Waals surface area contributed by atoms with E-state index in [4.69, 9.17) is 17.3 Å². The first-order valence-corrected chi connectivity index (χ1v) is 10.4. The molecule has 154 valence electrons. The number of carbonyl (C=O) groups is 2. The summed E-state index contributed by atoms with van der Waals surface area (Å²) in [7, 11) is 0. The van der Waals surface area contributed by atoms with Crippen molar-refractivity contribution < 1.29 is 9.59 Å². The zero-order valence-electron chi connectivity index (χ0n) is 16.9. The summed E-state index contributed by atoms with van der Waals surface area (Å²) in [5, 5.41) is 3.64. The van der Waals surface area contributed by atoms with Gasteiger partial charge in [0.25, 0.3) is 5.91 Å². The molecule has 2 aromatic carbocycles. The Morgan fingerprint density at radius 2 is 1.76 bits per heavy atom. The van der Waals surface area contributed by atoms with Crippen LogP contribution in [-0.2, 0) is 4.79 Å². The molecule has 0 aliphatic carbocycles. The molecule has 6 heteroatoms. The summed E-state index contributed by atoms with van der Waals surface area (Å²) in [5.41, 5.74) is 8.02. The number of likely N-dealkylation sites (tertiary alicyclic amines) is 1. The molecule has 3 N–H and O–H groups in total. The molecule has 1 saturated heterocycles. The van der Waals surface area contributed by atoms with Crippen molar-refractivity contribution in [2.75, 3.05) is 18.8 Å². The Balaban J connectivity index is 1.62. The molecule has 3 rings (SSSR count). The van der Waals surface area contributed by atoms with Gasteiger partial charge in [0.1, 0.15) is 6.04 Å². The number of piperidine rings is 1. The minimum Gasteiger partial charge on any atom is -0.399 e. The van der Waals surface area contributed by atoms with Crippen LogP contribution >= 0.6 is 11.6 Å².